The molecule has 1 N–H and O–H groups in total. The lowest BCUT2D eigenvalue weighted by Gasteiger charge is -2.46. The summed E-state index contributed by atoms with van der Waals surface area (Å²) >= 11 is 0. The Labute approximate surface area is 327 Å². The normalized spacial score (nSPS) is 31.9. The van der Waals surface area contributed by atoms with Gasteiger partial charge in [0, 0.05) is 57.9 Å². The molecule has 0 radical (unpaired) electrons. The Morgan fingerprint density at radius 2 is 1.23 bits per heavy atom. The third-order valence-electron chi connectivity index (χ3n) is 9.84. The molecule has 0 saturated heterocycles. The Hall–Kier alpha value is -5.05. The summed E-state index contributed by atoms with van der Waals surface area (Å²) in [5.74, 6) is -9.46. The largest absolute Gasteiger partial charge is 0.459 e. The molecule has 15 heteroatoms. The Morgan fingerprint density at radius 3 is 1.73 bits per heavy atom. The van der Waals surface area contributed by atoms with E-state index in [2.05, 4.69) is 6.58 Å². The summed E-state index contributed by atoms with van der Waals surface area (Å²) in [6, 6.07) is 7.68. The third-order valence-corrected chi connectivity index (χ3v) is 9.84. The minimum Gasteiger partial charge on any atom is -0.459 e. The van der Waals surface area contributed by atoms with E-state index in [-0.39, 0.29) is 11.1 Å². The minimum absolute atomic E-state index is 0.0266. The topological polar surface area (TPSA) is 204 Å². The predicted molar refractivity (Wildman–Crippen MR) is 197 cm³/mol. The summed E-state index contributed by atoms with van der Waals surface area (Å²) in [7, 11) is 0. The van der Waals surface area contributed by atoms with Crippen LogP contribution in [0.15, 0.2) is 54.6 Å². The first-order valence-electron chi connectivity index (χ1n) is 18.3. The standard InChI is InChI=1S/C41H54O15/c1-21(2)37(47)55-32-23(4)31(54-38(48)29-16-14-13-15-17-29)30-35(52-26(7)44)40(12,56-28(9)46)20-41(30,49)34(51-25(6)43)22(3)18-19-39(10,11)36(53-27(8)45)33(32)50-24(5)42/h13-19,21-22,30-36,49H,4,20H2,1-3,5-12H3/b19-18+/t22-,30-,31-,32-,33+,34-,35+,36+,40+,41+/m0/s1. The molecule has 2 aliphatic rings. The molecule has 0 aliphatic heterocycles. The molecule has 0 bridgehead atoms. The van der Waals surface area contributed by atoms with Gasteiger partial charge >= 0.3 is 41.8 Å². The number of rotatable bonds is 9. The maximum atomic E-state index is 14.1. The van der Waals surface area contributed by atoms with E-state index in [0.29, 0.717) is 0 Å². The molecule has 1 aromatic rings. The average Bonchev–Trinajstić information content (AvgIpc) is 3.28. The molecule has 1 fully saturated rings. The first-order valence-corrected chi connectivity index (χ1v) is 18.3. The highest BCUT2D eigenvalue weighted by atomic mass is 16.6. The van der Waals surface area contributed by atoms with Crippen molar-refractivity contribution < 1.29 is 71.8 Å². The van der Waals surface area contributed by atoms with Gasteiger partial charge in [-0.15, -0.1) is 0 Å². The highest BCUT2D eigenvalue weighted by molar-refractivity contribution is 5.89. The van der Waals surface area contributed by atoms with Crippen LogP contribution in [-0.4, -0.2) is 94.7 Å². The van der Waals surface area contributed by atoms with Crippen molar-refractivity contribution in [1.29, 1.82) is 0 Å². The van der Waals surface area contributed by atoms with Crippen LogP contribution in [0.25, 0.3) is 0 Å². The maximum absolute atomic E-state index is 14.1. The van der Waals surface area contributed by atoms with Crippen LogP contribution < -0.4 is 0 Å². The second kappa shape index (κ2) is 17.8. The van der Waals surface area contributed by atoms with Gasteiger partial charge in [-0.25, -0.2) is 4.79 Å². The van der Waals surface area contributed by atoms with Gasteiger partial charge in [0.2, 0.25) is 0 Å². The number of esters is 7. The number of carbonyl (C=O) groups is 7. The third kappa shape index (κ3) is 10.4. The molecule has 308 valence electrons. The maximum Gasteiger partial charge on any atom is 0.338 e. The molecule has 0 aromatic heterocycles. The monoisotopic (exact) mass is 786 g/mol. The van der Waals surface area contributed by atoms with Gasteiger partial charge in [0.05, 0.1) is 17.4 Å². The molecular weight excluding hydrogens is 732 g/mol. The lowest BCUT2D eigenvalue weighted by atomic mass is 9.71. The van der Waals surface area contributed by atoms with Crippen LogP contribution >= 0.6 is 0 Å². The first-order chi connectivity index (χ1) is 25.8. The van der Waals surface area contributed by atoms with Crippen molar-refractivity contribution in [3.63, 3.8) is 0 Å². The van der Waals surface area contributed by atoms with Gasteiger partial charge in [0.1, 0.15) is 23.4 Å². The van der Waals surface area contributed by atoms with Crippen molar-refractivity contribution in [3.05, 3.63) is 60.2 Å². The van der Waals surface area contributed by atoms with Crippen molar-refractivity contribution >= 4 is 41.8 Å². The van der Waals surface area contributed by atoms with E-state index in [1.165, 1.54) is 32.9 Å². The highest BCUT2D eigenvalue weighted by Crippen LogP contribution is 2.54. The molecule has 2 aliphatic carbocycles. The predicted octanol–water partition coefficient (Wildman–Crippen LogP) is 4.37. The molecule has 0 spiro atoms. The SMILES string of the molecule is C=C1[C@H](OC(=O)C(C)C)[C@@H](OC(C)=O)[C@@H](OC(C)=O)C(C)(C)/C=C/[C@H](C)[C@H](OC(C)=O)[C@@]2(O)C[C@@](C)(OC(C)=O)[C@H](OC(C)=O)[C@@H]2[C@H]1OC(=O)c1ccccc1. The fourth-order valence-electron chi connectivity index (χ4n) is 7.58. The van der Waals surface area contributed by atoms with Gasteiger partial charge in [-0.05, 0) is 19.1 Å². The summed E-state index contributed by atoms with van der Waals surface area (Å²) in [5, 5.41) is 13.3. The van der Waals surface area contributed by atoms with E-state index in [1.807, 2.05) is 0 Å². The molecule has 0 amide bonds. The second-order valence-corrected chi connectivity index (χ2v) is 15.6. The number of aliphatic hydroxyl groups is 1. The lowest BCUT2D eigenvalue weighted by molar-refractivity contribution is -0.198. The zero-order valence-corrected chi connectivity index (χ0v) is 33.8. The minimum atomic E-state index is -2.40. The Bertz CT molecular complexity index is 1710. The molecule has 10 atom stereocenters. The van der Waals surface area contributed by atoms with Crippen LogP contribution in [0, 0.1) is 23.2 Å². The van der Waals surface area contributed by atoms with Crippen molar-refractivity contribution in [2.45, 2.75) is 130 Å². The number of benzene rings is 1. The fraction of sp³-hybridized carbons (Fsp3) is 0.585. The summed E-state index contributed by atoms with van der Waals surface area (Å²) in [4.78, 5) is 91.9. The van der Waals surface area contributed by atoms with Crippen LogP contribution in [0.2, 0.25) is 0 Å². The average molecular weight is 787 g/mol. The number of hydrogen-bond acceptors (Lipinski definition) is 15. The van der Waals surface area contributed by atoms with Crippen molar-refractivity contribution in [3.8, 4) is 0 Å². The lowest BCUT2D eigenvalue weighted by Crippen LogP contribution is -2.60. The number of carbonyl (C=O) groups excluding carboxylic acids is 7. The van der Waals surface area contributed by atoms with Gasteiger partial charge < -0.3 is 38.3 Å². The van der Waals surface area contributed by atoms with Crippen molar-refractivity contribution in [2.24, 2.45) is 23.2 Å². The summed E-state index contributed by atoms with van der Waals surface area (Å²) < 4.78 is 41.5. The van der Waals surface area contributed by atoms with Gasteiger partial charge in [-0.2, -0.15) is 0 Å². The van der Waals surface area contributed by atoms with E-state index in [9.17, 15) is 38.7 Å². The van der Waals surface area contributed by atoms with E-state index in [4.69, 9.17) is 33.2 Å². The van der Waals surface area contributed by atoms with Gasteiger partial charge in [0.15, 0.2) is 24.4 Å². The van der Waals surface area contributed by atoms with Crippen molar-refractivity contribution in [2.75, 3.05) is 0 Å². The Morgan fingerprint density at radius 1 is 0.714 bits per heavy atom. The molecule has 3 rings (SSSR count). The molecule has 1 aromatic carbocycles. The quantitative estimate of drug-likeness (QED) is 0.210. The van der Waals surface area contributed by atoms with Crippen molar-refractivity contribution in [1.82, 2.24) is 0 Å². The summed E-state index contributed by atoms with van der Waals surface area (Å²) in [6.45, 7) is 19.1. The number of fused-ring (bicyclic) bond motifs is 1. The van der Waals surface area contributed by atoms with E-state index in [1.54, 1.807) is 51.1 Å². The molecule has 56 heavy (non-hydrogen) atoms. The van der Waals surface area contributed by atoms with Crippen LogP contribution in [0.1, 0.15) is 92.9 Å². The fourth-order valence-corrected chi connectivity index (χ4v) is 7.58. The van der Waals surface area contributed by atoms with E-state index >= 15 is 0 Å². The summed E-state index contributed by atoms with van der Waals surface area (Å²) in [5.41, 5.74) is -5.85. The Balaban J connectivity index is 2.63. The van der Waals surface area contributed by atoms with Gasteiger partial charge in [0.25, 0.3) is 0 Å². The van der Waals surface area contributed by atoms with E-state index < -0.39 is 119 Å². The Kier molecular flexibility index (Phi) is 14.4. The second-order valence-electron chi connectivity index (χ2n) is 15.6. The zero-order valence-electron chi connectivity index (χ0n) is 33.8. The van der Waals surface area contributed by atoms with E-state index in [0.717, 1.165) is 34.6 Å². The number of hydrogen-bond donors (Lipinski definition) is 1. The van der Waals surface area contributed by atoms with Gasteiger partial charge in [-0.1, -0.05) is 71.5 Å². The summed E-state index contributed by atoms with van der Waals surface area (Å²) in [6.07, 6.45) is -7.36. The van der Waals surface area contributed by atoms with Crippen LogP contribution in [0.5, 0.6) is 0 Å². The molecule has 0 heterocycles. The molecule has 15 nitrogen and oxygen atoms in total. The first kappa shape index (κ1) is 45.3. The number of ether oxygens (including phenoxy) is 7. The van der Waals surface area contributed by atoms with Crippen LogP contribution in [0.3, 0.4) is 0 Å². The van der Waals surface area contributed by atoms with Crippen LogP contribution in [-0.2, 0) is 61.9 Å². The van der Waals surface area contributed by atoms with Crippen LogP contribution in [0.4, 0.5) is 0 Å². The molecule has 1 saturated carbocycles. The highest BCUT2D eigenvalue weighted by Gasteiger charge is 2.70. The smallest absolute Gasteiger partial charge is 0.338 e. The van der Waals surface area contributed by atoms with Gasteiger partial charge in [-0.3, -0.25) is 28.8 Å². The molecular formula is C41H54O15. The zero-order chi connectivity index (χ0) is 42.5. The molecule has 0 unspecified atom stereocenters.